The molecule has 2 aromatic carbocycles. The number of rotatable bonds is 4. The van der Waals surface area contributed by atoms with Crippen molar-refractivity contribution in [3.05, 3.63) is 53.3 Å². The van der Waals surface area contributed by atoms with Gasteiger partial charge >= 0.3 is 0 Å². The summed E-state index contributed by atoms with van der Waals surface area (Å²) in [6.07, 6.45) is 0. The summed E-state index contributed by atoms with van der Waals surface area (Å²) < 4.78 is 20.2. The van der Waals surface area contributed by atoms with Crippen LogP contribution in [0.15, 0.2) is 36.4 Å². The Kier molecular flexibility index (Phi) is 5.27. The highest BCUT2D eigenvalue weighted by Crippen LogP contribution is 2.32. The van der Waals surface area contributed by atoms with Gasteiger partial charge in [0.2, 0.25) is 0 Å². The molecule has 0 aliphatic carbocycles. The smallest absolute Gasteiger partial charge is 0.171 e. The van der Waals surface area contributed by atoms with Crippen molar-refractivity contribution in [3.8, 4) is 11.1 Å². The molecule has 0 saturated heterocycles. The molecule has 2 rings (SSSR count). The van der Waals surface area contributed by atoms with Crippen LogP contribution < -0.4 is 5.73 Å². The van der Waals surface area contributed by atoms with E-state index in [-0.39, 0.29) is 11.2 Å². The summed E-state index contributed by atoms with van der Waals surface area (Å²) >= 11 is 0. The van der Waals surface area contributed by atoms with Crippen LogP contribution in [0.5, 0.6) is 0 Å². The Bertz CT molecular complexity index is 692. The van der Waals surface area contributed by atoms with Gasteiger partial charge in [0, 0.05) is 11.3 Å². The lowest BCUT2D eigenvalue weighted by molar-refractivity contribution is 0.315. The number of hydrogen-bond donors (Lipinski definition) is 1. The summed E-state index contributed by atoms with van der Waals surface area (Å²) in [6, 6.07) is 10.9. The first-order chi connectivity index (χ1) is 10.7. The normalized spacial score (nSPS) is 12.0. The van der Waals surface area contributed by atoms with Crippen molar-refractivity contribution in [2.75, 3.05) is 5.73 Å². The van der Waals surface area contributed by atoms with Gasteiger partial charge in [0.1, 0.15) is 5.82 Å². The number of anilines is 1. The summed E-state index contributed by atoms with van der Waals surface area (Å²) in [4.78, 5) is 0. The maximum Gasteiger partial charge on any atom is 0.171 e. The summed E-state index contributed by atoms with van der Waals surface area (Å²) in [6.45, 7) is 11.3. The lowest BCUT2D eigenvalue weighted by Gasteiger charge is -2.22. The van der Waals surface area contributed by atoms with Gasteiger partial charge in [-0.05, 0) is 53.4 Å². The molecule has 0 heterocycles. The van der Waals surface area contributed by atoms with E-state index in [4.69, 9.17) is 10.2 Å². The van der Waals surface area contributed by atoms with Crippen LogP contribution in [0.25, 0.3) is 11.1 Å². The Morgan fingerprint density at radius 1 is 1.04 bits per heavy atom. The molecule has 0 aliphatic heterocycles. The largest absolute Gasteiger partial charge is 0.416 e. The van der Waals surface area contributed by atoms with E-state index in [9.17, 15) is 4.39 Å². The Balaban J connectivity index is 2.55. The van der Waals surface area contributed by atoms with Crippen molar-refractivity contribution in [2.24, 2.45) is 0 Å². The highest BCUT2D eigenvalue weighted by Gasteiger charge is 2.18. The minimum atomic E-state index is -1.15. The van der Waals surface area contributed by atoms with E-state index in [1.165, 1.54) is 11.6 Å². The van der Waals surface area contributed by atoms with Crippen molar-refractivity contribution in [1.29, 1.82) is 0 Å². The van der Waals surface area contributed by atoms with Crippen LogP contribution in [0, 0.1) is 5.82 Å². The topological polar surface area (TPSA) is 35.2 Å². The Hall–Kier alpha value is -1.65. The second-order valence-corrected chi connectivity index (χ2v) is 9.65. The molecule has 2 aromatic rings. The van der Waals surface area contributed by atoms with Gasteiger partial charge in [-0.2, -0.15) is 0 Å². The quantitative estimate of drug-likeness (QED) is 0.640. The Morgan fingerprint density at radius 3 is 2.35 bits per heavy atom. The summed E-state index contributed by atoms with van der Waals surface area (Å²) in [5.41, 5.74) is 10.1. The molecule has 23 heavy (non-hydrogen) atoms. The molecule has 0 radical (unpaired) electrons. The molecule has 0 atom stereocenters. The maximum absolute atomic E-state index is 14.3. The average molecular weight is 332 g/mol. The van der Waals surface area contributed by atoms with Crippen LogP contribution in [0.1, 0.15) is 31.9 Å². The molecule has 0 unspecified atom stereocenters. The third-order valence-electron chi connectivity index (χ3n) is 3.82. The van der Waals surface area contributed by atoms with Gasteiger partial charge in [-0.25, -0.2) is 4.39 Å². The molecule has 124 valence electrons. The van der Waals surface area contributed by atoms with Crippen molar-refractivity contribution in [3.63, 3.8) is 0 Å². The van der Waals surface area contributed by atoms with E-state index in [1.54, 1.807) is 12.1 Å². The van der Waals surface area contributed by atoms with Gasteiger partial charge < -0.3 is 10.2 Å². The first kappa shape index (κ1) is 17.7. The van der Waals surface area contributed by atoms with Gasteiger partial charge in [-0.1, -0.05) is 39.0 Å². The van der Waals surface area contributed by atoms with Crippen molar-refractivity contribution in [1.82, 2.24) is 0 Å². The Labute approximate surface area is 140 Å². The number of nitrogens with two attached hydrogens (primary N) is 1. The minimum absolute atomic E-state index is 0.0385. The monoisotopic (exact) mass is 331 g/mol. The summed E-state index contributed by atoms with van der Waals surface area (Å²) in [5.74, 6) is -0.259. The third kappa shape index (κ3) is 4.42. The van der Waals surface area contributed by atoms with Crippen LogP contribution in [0.2, 0.25) is 13.1 Å². The van der Waals surface area contributed by atoms with E-state index < -0.39 is 9.04 Å². The number of nitrogen functional groups attached to an aromatic ring is 1. The lowest BCUT2D eigenvalue weighted by atomic mass is 9.84. The Morgan fingerprint density at radius 2 is 1.74 bits per heavy atom. The molecule has 0 amide bonds. The molecule has 0 saturated carbocycles. The molecule has 4 heteroatoms. The zero-order valence-corrected chi connectivity index (χ0v) is 15.8. The van der Waals surface area contributed by atoms with Crippen LogP contribution in [-0.4, -0.2) is 9.04 Å². The van der Waals surface area contributed by atoms with E-state index in [2.05, 4.69) is 46.0 Å². The van der Waals surface area contributed by atoms with Crippen LogP contribution in [0.4, 0.5) is 10.1 Å². The highest BCUT2D eigenvalue weighted by atomic mass is 28.3. The van der Waals surface area contributed by atoms with Gasteiger partial charge in [0.15, 0.2) is 9.04 Å². The predicted molar refractivity (Wildman–Crippen MR) is 98.6 cm³/mol. The fourth-order valence-corrected chi connectivity index (χ4v) is 2.96. The summed E-state index contributed by atoms with van der Waals surface area (Å²) in [5, 5.41) is 0. The number of halogens is 1. The fourth-order valence-electron chi connectivity index (χ4n) is 2.45. The molecule has 0 aliphatic rings. The molecular weight excluding hydrogens is 305 g/mol. The van der Waals surface area contributed by atoms with Gasteiger partial charge in [-0.3, -0.25) is 0 Å². The maximum atomic E-state index is 14.3. The molecule has 0 spiro atoms. The lowest BCUT2D eigenvalue weighted by Crippen LogP contribution is -2.13. The van der Waals surface area contributed by atoms with Gasteiger partial charge in [0.05, 0.1) is 6.61 Å². The van der Waals surface area contributed by atoms with Gasteiger partial charge in [0.25, 0.3) is 0 Å². The van der Waals surface area contributed by atoms with Gasteiger partial charge in [-0.15, -0.1) is 0 Å². The van der Waals surface area contributed by atoms with Crippen molar-refractivity contribution in [2.45, 2.75) is 45.9 Å². The zero-order valence-electron chi connectivity index (χ0n) is 14.6. The number of benzene rings is 2. The van der Waals surface area contributed by atoms with E-state index in [1.807, 2.05) is 6.07 Å². The SMILES string of the molecule is C[SiH](C)OCc1cc(C(C)(C)C)ccc1-c1cc(N)ccc1F. The molecule has 2 N–H and O–H groups in total. The van der Waals surface area contributed by atoms with Crippen LogP contribution >= 0.6 is 0 Å². The van der Waals surface area contributed by atoms with E-state index >= 15 is 0 Å². The van der Waals surface area contributed by atoms with E-state index in [0.717, 1.165) is 11.1 Å². The highest BCUT2D eigenvalue weighted by molar-refractivity contribution is 6.48. The summed E-state index contributed by atoms with van der Waals surface area (Å²) in [7, 11) is -1.15. The second-order valence-electron chi connectivity index (χ2n) is 7.22. The fraction of sp³-hybridized carbons (Fsp3) is 0.368. The first-order valence-corrected chi connectivity index (χ1v) is 10.8. The standard InChI is InChI=1S/C19H26FNOSi/c1-19(2,3)14-6-8-16(13(10-14)12-22-23(4)5)17-11-15(21)7-9-18(17)20/h6-11,23H,12,21H2,1-5H3. The number of hydrogen-bond acceptors (Lipinski definition) is 2. The third-order valence-corrected chi connectivity index (χ3v) is 4.66. The molecule has 0 bridgehead atoms. The van der Waals surface area contributed by atoms with Crippen molar-refractivity contribution < 1.29 is 8.82 Å². The predicted octanol–water partition coefficient (Wildman–Crippen LogP) is 4.87. The second kappa shape index (κ2) is 6.85. The molecule has 0 aromatic heterocycles. The first-order valence-electron chi connectivity index (χ1n) is 7.99. The average Bonchev–Trinajstić information content (AvgIpc) is 2.46. The van der Waals surface area contributed by atoms with Crippen LogP contribution in [0.3, 0.4) is 0 Å². The molecular formula is C19H26FNOSi. The zero-order chi connectivity index (χ0) is 17.2. The molecule has 0 fully saturated rings. The molecule has 2 nitrogen and oxygen atoms in total. The van der Waals surface area contributed by atoms with Crippen molar-refractivity contribution >= 4 is 14.7 Å². The van der Waals surface area contributed by atoms with E-state index in [0.29, 0.717) is 17.9 Å². The minimum Gasteiger partial charge on any atom is -0.416 e. The van der Waals surface area contributed by atoms with Crippen LogP contribution in [-0.2, 0) is 16.4 Å².